The van der Waals surface area contributed by atoms with Crippen LogP contribution in [0.1, 0.15) is 11.5 Å². The first-order valence-electron chi connectivity index (χ1n) is 8.87. The number of hydrazine groups is 1. The fourth-order valence-corrected chi connectivity index (χ4v) is 2.90. The van der Waals surface area contributed by atoms with Crippen LogP contribution in [0.5, 0.6) is 5.75 Å². The smallest absolute Gasteiger partial charge is 0.276 e. The number of rotatable bonds is 5. The summed E-state index contributed by atoms with van der Waals surface area (Å²) in [4.78, 5) is 8.29. The van der Waals surface area contributed by atoms with Crippen LogP contribution in [0.15, 0.2) is 77.6 Å². The Morgan fingerprint density at radius 3 is 2.53 bits per heavy atom. The third-order valence-electron chi connectivity index (χ3n) is 4.32. The molecule has 8 nitrogen and oxygen atoms in total. The number of anilines is 1. The van der Waals surface area contributed by atoms with E-state index >= 15 is 0 Å². The molecule has 2 heterocycles. The molecular weight excluding hydrogens is 387 g/mol. The van der Waals surface area contributed by atoms with Gasteiger partial charge in [-0.2, -0.15) is 4.98 Å². The first-order chi connectivity index (χ1) is 14.5. The quantitative estimate of drug-likeness (QED) is 0.342. The Bertz CT molecular complexity index is 1210. The molecule has 9 heteroatoms. The van der Waals surface area contributed by atoms with Crippen molar-refractivity contribution in [2.45, 2.75) is 0 Å². The number of benzene rings is 2. The zero-order valence-electron chi connectivity index (χ0n) is 15.6. The van der Waals surface area contributed by atoms with Crippen LogP contribution in [-0.2, 0) is 0 Å². The van der Waals surface area contributed by atoms with Crippen LogP contribution in [-0.4, -0.2) is 20.2 Å². The van der Waals surface area contributed by atoms with Gasteiger partial charge >= 0.3 is 0 Å². The molecule has 4 aromatic rings. The van der Waals surface area contributed by atoms with E-state index in [2.05, 4.69) is 15.1 Å². The zero-order chi connectivity index (χ0) is 21.1. The lowest BCUT2D eigenvalue weighted by Crippen LogP contribution is -2.32. The molecule has 0 unspecified atom stereocenters. The van der Waals surface area contributed by atoms with Gasteiger partial charge in [-0.05, 0) is 36.4 Å². The van der Waals surface area contributed by atoms with Gasteiger partial charge in [-0.1, -0.05) is 29.4 Å². The zero-order valence-corrected chi connectivity index (χ0v) is 15.6. The summed E-state index contributed by atoms with van der Waals surface area (Å²) < 4.78 is 19.7. The molecule has 0 atom stereocenters. The van der Waals surface area contributed by atoms with E-state index in [9.17, 15) is 9.50 Å². The van der Waals surface area contributed by atoms with E-state index in [1.54, 1.807) is 48.8 Å². The Morgan fingerprint density at radius 1 is 1.03 bits per heavy atom. The average Bonchev–Trinajstić information content (AvgIpc) is 3.25. The normalized spacial score (nSPS) is 11.8. The van der Waals surface area contributed by atoms with Crippen molar-refractivity contribution in [3.8, 4) is 17.1 Å². The van der Waals surface area contributed by atoms with Crippen LogP contribution in [0.25, 0.3) is 22.8 Å². The number of halogens is 1. The van der Waals surface area contributed by atoms with Gasteiger partial charge in [-0.3, -0.25) is 9.99 Å². The highest BCUT2D eigenvalue weighted by Gasteiger charge is 2.22. The second-order valence-corrected chi connectivity index (χ2v) is 6.29. The molecule has 2 aromatic heterocycles. The predicted molar refractivity (Wildman–Crippen MR) is 110 cm³/mol. The van der Waals surface area contributed by atoms with E-state index in [-0.39, 0.29) is 34.5 Å². The van der Waals surface area contributed by atoms with Crippen LogP contribution in [0, 0.1) is 5.82 Å². The summed E-state index contributed by atoms with van der Waals surface area (Å²) in [6.45, 7) is 0. The molecule has 0 amide bonds. The first-order valence-corrected chi connectivity index (χ1v) is 8.87. The predicted octanol–water partition coefficient (Wildman–Crippen LogP) is 3.14. The molecular formula is C21H17FN6O2. The largest absolute Gasteiger partial charge is 0.508 e. The van der Waals surface area contributed by atoms with Gasteiger partial charge in [-0.15, -0.1) is 0 Å². The van der Waals surface area contributed by atoms with Gasteiger partial charge in [0.1, 0.15) is 17.3 Å². The Hall–Kier alpha value is -4.24. The maximum Gasteiger partial charge on any atom is 0.276 e. The van der Waals surface area contributed by atoms with Crippen molar-refractivity contribution in [3.05, 3.63) is 90.3 Å². The van der Waals surface area contributed by atoms with E-state index in [0.29, 0.717) is 11.1 Å². The van der Waals surface area contributed by atoms with Crippen LogP contribution >= 0.6 is 0 Å². The third-order valence-corrected chi connectivity index (χ3v) is 4.32. The molecule has 2 aromatic carbocycles. The van der Waals surface area contributed by atoms with Crippen molar-refractivity contribution < 1.29 is 14.0 Å². The number of hydrogen-bond donors (Lipinski definition) is 3. The minimum atomic E-state index is -0.523. The maximum atomic E-state index is 14.4. The number of phenolic OH excluding ortho intramolecular Hbond substituents is 1. The highest BCUT2D eigenvalue weighted by Crippen LogP contribution is 2.30. The van der Waals surface area contributed by atoms with Crippen molar-refractivity contribution in [1.29, 1.82) is 0 Å². The molecule has 0 aliphatic heterocycles. The van der Waals surface area contributed by atoms with Crippen LogP contribution < -0.4 is 16.6 Å². The van der Waals surface area contributed by atoms with Crippen molar-refractivity contribution in [1.82, 2.24) is 15.1 Å². The lowest BCUT2D eigenvalue weighted by Gasteiger charge is -2.23. The van der Waals surface area contributed by atoms with E-state index in [0.717, 1.165) is 5.01 Å². The number of aromatic hydroxyl groups is 1. The Labute approximate surface area is 170 Å². The van der Waals surface area contributed by atoms with Crippen molar-refractivity contribution in [2.24, 2.45) is 11.6 Å². The molecule has 0 saturated heterocycles. The number of hydrogen-bond acceptors (Lipinski definition) is 8. The summed E-state index contributed by atoms with van der Waals surface area (Å²) in [5, 5.41) is 14.7. The summed E-state index contributed by atoms with van der Waals surface area (Å²) in [6.07, 6.45) is 3.12. The Morgan fingerprint density at radius 2 is 1.80 bits per heavy atom. The van der Waals surface area contributed by atoms with Gasteiger partial charge in [0.2, 0.25) is 5.82 Å². The molecule has 0 aliphatic rings. The molecule has 0 spiro atoms. The fraction of sp³-hybridized carbons (Fsp3) is 0. The molecule has 4 rings (SSSR count). The lowest BCUT2D eigenvalue weighted by molar-refractivity contribution is 0.408. The van der Waals surface area contributed by atoms with E-state index in [1.165, 1.54) is 24.3 Å². The van der Waals surface area contributed by atoms with Crippen LogP contribution in [0.3, 0.4) is 0 Å². The van der Waals surface area contributed by atoms with Crippen LogP contribution in [0.2, 0.25) is 0 Å². The second-order valence-electron chi connectivity index (χ2n) is 6.29. The summed E-state index contributed by atoms with van der Waals surface area (Å²) in [5.74, 6) is 6.02. The highest BCUT2D eigenvalue weighted by molar-refractivity contribution is 5.93. The molecule has 0 radical (unpaired) electrons. The second kappa shape index (κ2) is 8.02. The van der Waals surface area contributed by atoms with Gasteiger partial charge in [-0.25, -0.2) is 10.2 Å². The van der Waals surface area contributed by atoms with Crippen LogP contribution in [0.4, 0.5) is 10.1 Å². The first kappa shape index (κ1) is 19.1. The van der Waals surface area contributed by atoms with Gasteiger partial charge in [0.05, 0.1) is 11.4 Å². The summed E-state index contributed by atoms with van der Waals surface area (Å²) in [5.41, 5.74) is 7.88. The van der Waals surface area contributed by atoms with Gasteiger partial charge in [0.15, 0.2) is 0 Å². The average molecular weight is 404 g/mol. The van der Waals surface area contributed by atoms with Gasteiger partial charge < -0.3 is 15.4 Å². The summed E-state index contributed by atoms with van der Waals surface area (Å²) in [6, 6.07) is 15.8. The molecule has 0 saturated carbocycles. The number of para-hydroxylation sites is 1. The third kappa shape index (κ3) is 3.69. The number of phenols is 1. The molecule has 5 N–H and O–H groups in total. The van der Waals surface area contributed by atoms with Gasteiger partial charge in [0.25, 0.3) is 5.89 Å². The lowest BCUT2D eigenvalue weighted by atomic mass is 10.1. The topological polar surface area (TPSA) is 127 Å². The molecule has 30 heavy (non-hydrogen) atoms. The van der Waals surface area contributed by atoms with Crippen molar-refractivity contribution in [2.75, 3.05) is 5.01 Å². The molecule has 150 valence electrons. The van der Waals surface area contributed by atoms with E-state index in [1.807, 2.05) is 0 Å². The fourth-order valence-electron chi connectivity index (χ4n) is 2.90. The standard InChI is InChI=1S/C21H17FN6O2/c22-16-6-1-2-7-17(16)28(24)19(13-8-10-25-11-9-13)18(23)21-26-20(27-30-21)14-4-3-5-15(29)12-14/h1-12,29H,23-24H2/b19-18-. The van der Waals surface area contributed by atoms with E-state index in [4.69, 9.17) is 16.1 Å². The summed E-state index contributed by atoms with van der Waals surface area (Å²) >= 11 is 0. The molecule has 0 fully saturated rings. The SMILES string of the molecule is N/C(=C(/c1ccncc1)N(N)c1ccccc1F)c1nc(-c2cccc(O)c2)no1. The molecule has 0 aliphatic carbocycles. The summed E-state index contributed by atoms with van der Waals surface area (Å²) in [7, 11) is 0. The highest BCUT2D eigenvalue weighted by atomic mass is 19.1. The number of nitrogens with zero attached hydrogens (tertiary/aromatic N) is 4. The number of pyridine rings is 1. The Kier molecular flexibility index (Phi) is 5.10. The Balaban J connectivity index is 1.83. The van der Waals surface area contributed by atoms with Crippen molar-refractivity contribution in [3.63, 3.8) is 0 Å². The monoisotopic (exact) mass is 404 g/mol. The molecule has 0 bridgehead atoms. The van der Waals surface area contributed by atoms with Gasteiger partial charge in [0, 0.05) is 23.5 Å². The number of nitrogens with two attached hydrogens (primary N) is 2. The minimum Gasteiger partial charge on any atom is -0.508 e. The minimum absolute atomic E-state index is 0.00746. The van der Waals surface area contributed by atoms with Crippen molar-refractivity contribution >= 4 is 17.1 Å². The van der Waals surface area contributed by atoms with E-state index < -0.39 is 5.82 Å². The number of aromatic nitrogens is 3. The maximum absolute atomic E-state index is 14.4.